The van der Waals surface area contributed by atoms with Gasteiger partial charge in [-0.3, -0.25) is 0 Å². The molecule has 1 fully saturated rings. The maximum Gasteiger partial charge on any atom is 0.329 e. The number of benzene rings is 1. The second-order valence-corrected chi connectivity index (χ2v) is 5.82. The molecule has 0 saturated carbocycles. The van der Waals surface area contributed by atoms with E-state index >= 15 is 0 Å². The molecule has 0 aromatic heterocycles. The Balaban J connectivity index is 2.19. The van der Waals surface area contributed by atoms with Crippen LogP contribution in [0.4, 0.5) is 10.5 Å². The van der Waals surface area contributed by atoms with Crippen LogP contribution in [-0.2, 0) is 4.79 Å². The fraction of sp³-hybridized carbons (Fsp3) is 0.429. The van der Waals surface area contributed by atoms with Gasteiger partial charge in [-0.1, -0.05) is 30.1 Å². The molecule has 21 heavy (non-hydrogen) atoms. The summed E-state index contributed by atoms with van der Waals surface area (Å²) in [5.74, 6) is -0.966. The lowest BCUT2D eigenvalue weighted by Gasteiger charge is -2.33. The second kappa shape index (κ2) is 6.12. The number of carboxylic acids is 1. The summed E-state index contributed by atoms with van der Waals surface area (Å²) in [6.07, 6.45) is 1.51. The molecule has 1 aromatic carbocycles. The van der Waals surface area contributed by atoms with Gasteiger partial charge in [-0.2, -0.15) is 0 Å². The molecular formula is C14H16Cl2N2O3. The number of carboxylic acid groups (broad SMARTS) is 1. The van der Waals surface area contributed by atoms with Crippen LogP contribution in [0.15, 0.2) is 18.2 Å². The minimum atomic E-state index is -1.12. The summed E-state index contributed by atoms with van der Waals surface area (Å²) in [4.78, 5) is 25.3. The summed E-state index contributed by atoms with van der Waals surface area (Å²) < 4.78 is 0. The first-order valence-corrected chi connectivity index (χ1v) is 7.43. The molecule has 1 heterocycles. The van der Waals surface area contributed by atoms with E-state index in [1.165, 1.54) is 11.0 Å². The van der Waals surface area contributed by atoms with Crippen molar-refractivity contribution in [2.75, 3.05) is 11.9 Å². The van der Waals surface area contributed by atoms with Gasteiger partial charge in [0.25, 0.3) is 0 Å². The van der Waals surface area contributed by atoms with Crippen LogP contribution in [0.1, 0.15) is 26.2 Å². The Kier molecular flexibility index (Phi) is 4.64. The molecule has 1 unspecified atom stereocenters. The molecule has 2 amide bonds. The molecule has 0 spiro atoms. The van der Waals surface area contributed by atoms with Crippen LogP contribution < -0.4 is 5.32 Å². The molecule has 0 aliphatic carbocycles. The molecule has 1 atom stereocenters. The van der Waals surface area contributed by atoms with Crippen molar-refractivity contribution in [3.05, 3.63) is 28.2 Å². The van der Waals surface area contributed by atoms with Gasteiger partial charge in [-0.25, -0.2) is 9.59 Å². The Morgan fingerprint density at radius 3 is 2.67 bits per heavy atom. The van der Waals surface area contributed by atoms with Crippen molar-refractivity contribution >= 4 is 40.9 Å². The van der Waals surface area contributed by atoms with E-state index in [1.54, 1.807) is 19.1 Å². The third kappa shape index (κ3) is 2.94. The van der Waals surface area contributed by atoms with Crippen molar-refractivity contribution in [3.8, 4) is 0 Å². The predicted octanol–water partition coefficient (Wildman–Crippen LogP) is 3.85. The minimum absolute atomic E-state index is 0.330. The van der Waals surface area contributed by atoms with Crippen molar-refractivity contribution in [2.24, 2.45) is 0 Å². The number of urea groups is 1. The molecule has 5 nitrogen and oxygen atoms in total. The standard InChI is InChI=1S/C14H16Cl2N2O3/c1-2-14(12(19)20)6-3-7-18(14)13(21)17-9-4-5-10(15)11(16)8-9/h4-5,8H,2-3,6-7H2,1H3,(H,17,21)(H,19,20). The number of carbonyl (C=O) groups excluding carboxylic acids is 1. The Hall–Kier alpha value is -1.46. The minimum Gasteiger partial charge on any atom is -0.479 e. The van der Waals surface area contributed by atoms with Gasteiger partial charge in [0.15, 0.2) is 0 Å². The van der Waals surface area contributed by atoms with E-state index in [9.17, 15) is 14.7 Å². The van der Waals surface area contributed by atoms with Gasteiger partial charge in [-0.05, 0) is 37.5 Å². The first-order valence-electron chi connectivity index (χ1n) is 6.68. The van der Waals surface area contributed by atoms with E-state index in [-0.39, 0.29) is 0 Å². The molecule has 0 radical (unpaired) electrons. The largest absolute Gasteiger partial charge is 0.479 e. The summed E-state index contributed by atoms with van der Waals surface area (Å²) in [5.41, 5.74) is -0.642. The average Bonchev–Trinajstić information content (AvgIpc) is 2.88. The van der Waals surface area contributed by atoms with E-state index in [0.717, 1.165) is 0 Å². The topological polar surface area (TPSA) is 69.6 Å². The maximum atomic E-state index is 12.4. The predicted molar refractivity (Wildman–Crippen MR) is 82.1 cm³/mol. The fourth-order valence-electron chi connectivity index (χ4n) is 2.68. The number of rotatable bonds is 3. The summed E-state index contributed by atoms with van der Waals surface area (Å²) in [7, 11) is 0. The zero-order valence-corrected chi connectivity index (χ0v) is 13.0. The highest BCUT2D eigenvalue weighted by atomic mass is 35.5. The van der Waals surface area contributed by atoms with E-state index < -0.39 is 17.5 Å². The molecular weight excluding hydrogens is 315 g/mol. The van der Waals surface area contributed by atoms with Crippen LogP contribution in [0, 0.1) is 0 Å². The first-order chi connectivity index (χ1) is 9.90. The Labute approximate surface area is 132 Å². The molecule has 114 valence electrons. The highest BCUT2D eigenvalue weighted by molar-refractivity contribution is 6.42. The first kappa shape index (κ1) is 15.9. The zero-order chi connectivity index (χ0) is 15.6. The van der Waals surface area contributed by atoms with Crippen LogP contribution in [-0.4, -0.2) is 34.1 Å². The van der Waals surface area contributed by atoms with Crippen LogP contribution in [0.25, 0.3) is 0 Å². The van der Waals surface area contributed by atoms with Crippen LogP contribution in [0.3, 0.4) is 0 Å². The maximum absolute atomic E-state index is 12.4. The highest BCUT2D eigenvalue weighted by Gasteiger charge is 2.48. The third-order valence-electron chi connectivity index (χ3n) is 3.89. The number of nitrogens with one attached hydrogen (secondary N) is 1. The Morgan fingerprint density at radius 1 is 1.38 bits per heavy atom. The van der Waals surface area contributed by atoms with Gasteiger partial charge in [0, 0.05) is 12.2 Å². The van der Waals surface area contributed by atoms with Crippen molar-refractivity contribution < 1.29 is 14.7 Å². The van der Waals surface area contributed by atoms with E-state index in [4.69, 9.17) is 23.2 Å². The molecule has 7 heteroatoms. The number of anilines is 1. The van der Waals surface area contributed by atoms with Crippen molar-refractivity contribution in [1.29, 1.82) is 0 Å². The smallest absolute Gasteiger partial charge is 0.329 e. The monoisotopic (exact) mass is 330 g/mol. The molecule has 2 N–H and O–H groups in total. The number of amides is 2. The Morgan fingerprint density at radius 2 is 2.10 bits per heavy atom. The summed E-state index contributed by atoms with van der Waals surface area (Å²) >= 11 is 11.7. The third-order valence-corrected chi connectivity index (χ3v) is 4.63. The van der Waals surface area contributed by atoms with Gasteiger partial charge < -0.3 is 15.3 Å². The van der Waals surface area contributed by atoms with E-state index in [1.807, 2.05) is 0 Å². The highest BCUT2D eigenvalue weighted by Crippen LogP contribution is 2.33. The van der Waals surface area contributed by atoms with Crippen LogP contribution in [0.2, 0.25) is 10.0 Å². The fourth-order valence-corrected chi connectivity index (χ4v) is 2.98. The zero-order valence-electron chi connectivity index (χ0n) is 11.5. The number of nitrogens with zero attached hydrogens (tertiary/aromatic N) is 1. The van der Waals surface area contributed by atoms with Crippen molar-refractivity contribution in [2.45, 2.75) is 31.7 Å². The number of halogens is 2. The molecule has 0 bridgehead atoms. The quantitative estimate of drug-likeness (QED) is 0.884. The van der Waals surface area contributed by atoms with Crippen molar-refractivity contribution in [3.63, 3.8) is 0 Å². The summed E-state index contributed by atoms with van der Waals surface area (Å²) in [6.45, 7) is 2.20. The molecule has 2 rings (SSSR count). The van der Waals surface area contributed by atoms with Gasteiger partial charge in [-0.15, -0.1) is 0 Å². The lowest BCUT2D eigenvalue weighted by Crippen LogP contribution is -2.54. The molecule has 1 aromatic rings. The van der Waals surface area contributed by atoms with E-state index in [2.05, 4.69) is 5.32 Å². The van der Waals surface area contributed by atoms with Gasteiger partial charge >= 0.3 is 12.0 Å². The molecule has 1 saturated heterocycles. The van der Waals surface area contributed by atoms with Crippen LogP contribution in [0.5, 0.6) is 0 Å². The number of aliphatic carboxylic acids is 1. The van der Waals surface area contributed by atoms with Gasteiger partial charge in [0.2, 0.25) is 0 Å². The average molecular weight is 331 g/mol. The number of hydrogen-bond donors (Lipinski definition) is 2. The molecule has 1 aliphatic rings. The number of likely N-dealkylation sites (tertiary alicyclic amines) is 1. The summed E-state index contributed by atoms with van der Waals surface area (Å²) in [5, 5.41) is 12.9. The van der Waals surface area contributed by atoms with E-state index in [0.29, 0.717) is 41.5 Å². The molecule has 1 aliphatic heterocycles. The van der Waals surface area contributed by atoms with Gasteiger partial charge in [0.05, 0.1) is 10.0 Å². The Bertz CT molecular complexity index is 579. The second-order valence-electron chi connectivity index (χ2n) is 5.00. The summed E-state index contributed by atoms with van der Waals surface area (Å²) in [6, 6.07) is 4.30. The van der Waals surface area contributed by atoms with Gasteiger partial charge in [0.1, 0.15) is 5.54 Å². The SMILES string of the molecule is CCC1(C(=O)O)CCCN1C(=O)Nc1ccc(Cl)c(Cl)c1. The number of carbonyl (C=O) groups is 2. The lowest BCUT2D eigenvalue weighted by atomic mass is 9.93. The van der Waals surface area contributed by atoms with Crippen LogP contribution >= 0.6 is 23.2 Å². The lowest BCUT2D eigenvalue weighted by molar-refractivity contribution is -0.148. The normalized spacial score (nSPS) is 21.4. The van der Waals surface area contributed by atoms with Crippen molar-refractivity contribution in [1.82, 2.24) is 4.90 Å². The number of hydrogen-bond acceptors (Lipinski definition) is 2.